The molecule has 0 saturated carbocycles. The lowest BCUT2D eigenvalue weighted by Crippen LogP contribution is -2.31. The van der Waals surface area contributed by atoms with Gasteiger partial charge in [-0.15, -0.1) is 0 Å². The molecule has 1 aromatic carbocycles. The fourth-order valence-electron chi connectivity index (χ4n) is 1.82. The molecule has 0 amide bonds. The molecule has 1 aromatic rings. The van der Waals surface area contributed by atoms with E-state index in [1.807, 2.05) is 26.0 Å². The smallest absolute Gasteiger partial charge is 0.151 e. The number of aldehydes is 1. The van der Waals surface area contributed by atoms with Crippen molar-refractivity contribution in [3.63, 3.8) is 0 Å². The molecule has 4 nitrogen and oxygen atoms in total. The number of ether oxygens (including phenoxy) is 2. The van der Waals surface area contributed by atoms with Gasteiger partial charge >= 0.3 is 0 Å². The zero-order valence-corrected chi connectivity index (χ0v) is 12.9. The van der Waals surface area contributed by atoms with Crippen molar-refractivity contribution in [3.05, 3.63) is 28.8 Å². The quantitative estimate of drug-likeness (QED) is 0.492. The number of nitrogens with zero attached hydrogens (tertiary/aromatic N) is 1. The zero-order valence-electron chi connectivity index (χ0n) is 12.1. The Morgan fingerprint density at radius 1 is 1.15 bits per heavy atom. The molecule has 0 atom stereocenters. The average Bonchev–Trinajstić information content (AvgIpc) is 2.46. The Morgan fingerprint density at radius 2 is 1.75 bits per heavy atom. The Morgan fingerprint density at radius 3 is 2.20 bits per heavy atom. The summed E-state index contributed by atoms with van der Waals surface area (Å²) in [7, 11) is 0. The molecule has 5 heteroatoms. The number of carbonyl (C=O) groups excluding carboxylic acids is 1. The van der Waals surface area contributed by atoms with Crippen LogP contribution in [-0.2, 0) is 9.47 Å². The minimum atomic E-state index is 0.468. The van der Waals surface area contributed by atoms with Gasteiger partial charge in [-0.05, 0) is 32.0 Å². The molecular weight excluding hydrogens is 278 g/mol. The Bertz CT molecular complexity index is 402. The van der Waals surface area contributed by atoms with Crippen molar-refractivity contribution in [1.82, 2.24) is 0 Å². The van der Waals surface area contributed by atoms with Crippen LogP contribution in [0.4, 0.5) is 5.69 Å². The predicted octanol–water partition coefficient (Wildman–Crippen LogP) is 3.03. The van der Waals surface area contributed by atoms with E-state index in [2.05, 4.69) is 4.90 Å². The zero-order chi connectivity index (χ0) is 14.8. The Hall–Kier alpha value is -1.10. The first kappa shape index (κ1) is 17.0. The molecule has 0 saturated heterocycles. The Labute approximate surface area is 125 Å². The van der Waals surface area contributed by atoms with Gasteiger partial charge in [-0.1, -0.05) is 11.6 Å². The van der Waals surface area contributed by atoms with Gasteiger partial charge in [0.25, 0.3) is 0 Å². The maximum Gasteiger partial charge on any atom is 0.151 e. The number of hydrogen-bond acceptors (Lipinski definition) is 4. The second-order valence-corrected chi connectivity index (χ2v) is 4.61. The van der Waals surface area contributed by atoms with Gasteiger partial charge < -0.3 is 14.4 Å². The molecule has 1 rings (SSSR count). The number of hydrogen-bond donors (Lipinski definition) is 0. The van der Waals surface area contributed by atoms with Gasteiger partial charge in [-0.2, -0.15) is 0 Å². The molecule has 0 bridgehead atoms. The first-order valence-corrected chi connectivity index (χ1v) is 7.25. The van der Waals surface area contributed by atoms with Crippen molar-refractivity contribution in [1.29, 1.82) is 0 Å². The van der Waals surface area contributed by atoms with E-state index in [1.165, 1.54) is 0 Å². The molecule has 0 aliphatic rings. The Kier molecular flexibility index (Phi) is 8.26. The molecule has 0 fully saturated rings. The van der Waals surface area contributed by atoms with Crippen LogP contribution in [0.2, 0.25) is 5.02 Å². The number of carbonyl (C=O) groups is 1. The van der Waals surface area contributed by atoms with E-state index in [-0.39, 0.29) is 0 Å². The second kappa shape index (κ2) is 9.75. The van der Waals surface area contributed by atoms with Crippen LogP contribution in [0.3, 0.4) is 0 Å². The SMILES string of the molecule is CCOCCN(CCOCC)c1ccc(C=O)c(Cl)c1. The largest absolute Gasteiger partial charge is 0.380 e. The van der Waals surface area contributed by atoms with Crippen molar-refractivity contribution in [2.45, 2.75) is 13.8 Å². The number of anilines is 1. The van der Waals surface area contributed by atoms with E-state index in [1.54, 1.807) is 6.07 Å². The lowest BCUT2D eigenvalue weighted by molar-refractivity contribution is 0.112. The van der Waals surface area contributed by atoms with Crippen LogP contribution in [0.1, 0.15) is 24.2 Å². The van der Waals surface area contributed by atoms with Crippen LogP contribution in [0.5, 0.6) is 0 Å². The third kappa shape index (κ3) is 5.49. The molecule has 0 aromatic heterocycles. The topological polar surface area (TPSA) is 38.8 Å². The monoisotopic (exact) mass is 299 g/mol. The minimum Gasteiger partial charge on any atom is -0.380 e. The fourth-order valence-corrected chi connectivity index (χ4v) is 2.04. The standard InChI is InChI=1S/C15H22ClNO3/c1-3-19-9-7-17(8-10-20-4-2)14-6-5-13(12-18)15(16)11-14/h5-6,11-12H,3-4,7-10H2,1-2H3. The van der Waals surface area contributed by atoms with Gasteiger partial charge in [0.2, 0.25) is 0 Å². The minimum absolute atomic E-state index is 0.468. The van der Waals surface area contributed by atoms with Crippen molar-refractivity contribution in [2.24, 2.45) is 0 Å². The van der Waals surface area contributed by atoms with Crippen molar-refractivity contribution < 1.29 is 14.3 Å². The van der Waals surface area contributed by atoms with Gasteiger partial charge in [-0.25, -0.2) is 0 Å². The van der Waals surface area contributed by atoms with Gasteiger partial charge in [0, 0.05) is 37.6 Å². The summed E-state index contributed by atoms with van der Waals surface area (Å²) in [5, 5.41) is 0.468. The summed E-state index contributed by atoms with van der Waals surface area (Å²) in [5.74, 6) is 0. The molecular formula is C15H22ClNO3. The molecule has 112 valence electrons. The summed E-state index contributed by atoms with van der Waals surface area (Å²) in [4.78, 5) is 12.9. The second-order valence-electron chi connectivity index (χ2n) is 4.20. The van der Waals surface area contributed by atoms with Gasteiger partial charge in [0.15, 0.2) is 6.29 Å². The molecule has 20 heavy (non-hydrogen) atoms. The maximum absolute atomic E-state index is 10.8. The maximum atomic E-state index is 10.8. The van der Waals surface area contributed by atoms with Gasteiger partial charge in [0.05, 0.1) is 18.2 Å². The van der Waals surface area contributed by atoms with Crippen LogP contribution in [0.15, 0.2) is 18.2 Å². The summed E-state index contributed by atoms with van der Waals surface area (Å²) in [5.41, 5.74) is 1.48. The molecule has 0 spiro atoms. The van der Waals surface area contributed by atoms with Crippen molar-refractivity contribution in [2.75, 3.05) is 44.4 Å². The van der Waals surface area contributed by atoms with Crippen LogP contribution >= 0.6 is 11.6 Å². The molecule has 0 radical (unpaired) electrons. The highest BCUT2D eigenvalue weighted by atomic mass is 35.5. The molecule has 0 aliphatic carbocycles. The van der Waals surface area contributed by atoms with Crippen LogP contribution < -0.4 is 4.90 Å². The first-order chi connectivity index (χ1) is 9.72. The third-order valence-electron chi connectivity index (χ3n) is 2.90. The van der Waals surface area contributed by atoms with E-state index in [9.17, 15) is 4.79 Å². The number of rotatable bonds is 10. The summed E-state index contributed by atoms with van der Waals surface area (Å²) < 4.78 is 10.8. The molecule has 0 heterocycles. The van der Waals surface area contributed by atoms with E-state index in [0.29, 0.717) is 37.0 Å². The first-order valence-electron chi connectivity index (χ1n) is 6.88. The lowest BCUT2D eigenvalue weighted by Gasteiger charge is -2.25. The van der Waals surface area contributed by atoms with Crippen molar-refractivity contribution in [3.8, 4) is 0 Å². The van der Waals surface area contributed by atoms with Crippen LogP contribution in [-0.4, -0.2) is 45.8 Å². The van der Waals surface area contributed by atoms with E-state index < -0.39 is 0 Å². The summed E-state index contributed by atoms with van der Waals surface area (Å²) in [6.07, 6.45) is 0.761. The average molecular weight is 300 g/mol. The lowest BCUT2D eigenvalue weighted by atomic mass is 10.2. The normalized spacial score (nSPS) is 10.6. The Balaban J connectivity index is 2.73. The highest BCUT2D eigenvalue weighted by Crippen LogP contribution is 2.22. The summed E-state index contributed by atoms with van der Waals surface area (Å²) in [6, 6.07) is 5.44. The van der Waals surface area contributed by atoms with E-state index >= 15 is 0 Å². The fraction of sp³-hybridized carbons (Fsp3) is 0.533. The van der Waals surface area contributed by atoms with E-state index in [4.69, 9.17) is 21.1 Å². The molecule has 0 N–H and O–H groups in total. The van der Waals surface area contributed by atoms with Crippen LogP contribution in [0, 0.1) is 0 Å². The molecule has 0 aliphatic heterocycles. The highest BCUT2D eigenvalue weighted by molar-refractivity contribution is 6.33. The van der Waals surface area contributed by atoms with Crippen molar-refractivity contribution >= 4 is 23.6 Å². The van der Waals surface area contributed by atoms with Gasteiger partial charge in [0.1, 0.15) is 0 Å². The number of benzene rings is 1. The number of halogens is 1. The highest BCUT2D eigenvalue weighted by Gasteiger charge is 2.09. The predicted molar refractivity (Wildman–Crippen MR) is 82.0 cm³/mol. The molecule has 0 unspecified atom stereocenters. The van der Waals surface area contributed by atoms with E-state index in [0.717, 1.165) is 25.1 Å². The van der Waals surface area contributed by atoms with Gasteiger partial charge in [-0.3, -0.25) is 4.79 Å². The summed E-state index contributed by atoms with van der Waals surface area (Å²) >= 11 is 6.08. The van der Waals surface area contributed by atoms with Crippen LogP contribution in [0.25, 0.3) is 0 Å². The third-order valence-corrected chi connectivity index (χ3v) is 3.22. The summed E-state index contributed by atoms with van der Waals surface area (Å²) in [6.45, 7) is 8.16.